The van der Waals surface area contributed by atoms with Gasteiger partial charge in [0.15, 0.2) is 0 Å². The Morgan fingerprint density at radius 3 is 2.80 bits per heavy atom. The summed E-state index contributed by atoms with van der Waals surface area (Å²) in [6.45, 7) is 8.18. The molecule has 0 aliphatic carbocycles. The molecule has 1 aliphatic heterocycles. The van der Waals surface area contributed by atoms with Crippen molar-refractivity contribution in [3.05, 3.63) is 45.6 Å². The van der Waals surface area contributed by atoms with E-state index in [2.05, 4.69) is 66.9 Å². The molecular formula is C18H21BrN6. The van der Waals surface area contributed by atoms with E-state index in [0.29, 0.717) is 11.7 Å². The first-order valence-corrected chi connectivity index (χ1v) is 9.36. The average molecular weight is 401 g/mol. The number of anilines is 1. The summed E-state index contributed by atoms with van der Waals surface area (Å²) in [5, 5.41) is 4.48. The summed E-state index contributed by atoms with van der Waals surface area (Å²) >= 11 is 3.45. The number of aryl methyl sites for hydroxylation is 3. The molecule has 25 heavy (non-hydrogen) atoms. The number of nitrogens with zero attached hydrogens (tertiary/aromatic N) is 6. The highest BCUT2D eigenvalue weighted by atomic mass is 79.9. The molecule has 0 bridgehead atoms. The second-order valence-electron chi connectivity index (χ2n) is 6.77. The van der Waals surface area contributed by atoms with Crippen molar-refractivity contribution >= 4 is 27.5 Å². The third kappa shape index (κ3) is 3.13. The van der Waals surface area contributed by atoms with Gasteiger partial charge < -0.3 is 4.90 Å². The lowest BCUT2D eigenvalue weighted by atomic mass is 9.96. The summed E-state index contributed by atoms with van der Waals surface area (Å²) in [5.41, 5.74) is 3.52. The van der Waals surface area contributed by atoms with Crippen molar-refractivity contribution in [2.45, 2.75) is 33.6 Å². The number of pyridine rings is 1. The fraction of sp³-hybridized carbons (Fsp3) is 0.444. The Hall–Kier alpha value is -2.02. The highest BCUT2D eigenvalue weighted by molar-refractivity contribution is 9.10. The molecule has 1 atom stereocenters. The second-order valence-corrected chi connectivity index (χ2v) is 7.69. The summed E-state index contributed by atoms with van der Waals surface area (Å²) in [6, 6.07) is 4.13. The molecule has 3 aromatic heterocycles. The highest BCUT2D eigenvalue weighted by Crippen LogP contribution is 2.27. The van der Waals surface area contributed by atoms with Gasteiger partial charge in [-0.3, -0.25) is 0 Å². The van der Waals surface area contributed by atoms with Gasteiger partial charge in [-0.1, -0.05) is 0 Å². The van der Waals surface area contributed by atoms with E-state index < -0.39 is 0 Å². The predicted octanol–water partition coefficient (Wildman–Crippen LogP) is 3.28. The van der Waals surface area contributed by atoms with Crippen molar-refractivity contribution in [2.75, 3.05) is 18.0 Å². The van der Waals surface area contributed by atoms with E-state index >= 15 is 0 Å². The van der Waals surface area contributed by atoms with Crippen LogP contribution in [0.4, 0.5) is 5.82 Å². The van der Waals surface area contributed by atoms with Gasteiger partial charge in [0.2, 0.25) is 0 Å². The van der Waals surface area contributed by atoms with Gasteiger partial charge in [0.25, 0.3) is 5.78 Å². The summed E-state index contributed by atoms with van der Waals surface area (Å²) in [6.07, 6.45) is 4.05. The first-order chi connectivity index (χ1) is 12.0. The maximum Gasteiger partial charge on any atom is 0.252 e. The second kappa shape index (κ2) is 6.37. The van der Waals surface area contributed by atoms with Crippen molar-refractivity contribution in [2.24, 2.45) is 5.92 Å². The maximum absolute atomic E-state index is 4.64. The molecule has 1 fully saturated rings. The molecular weight excluding hydrogens is 380 g/mol. The van der Waals surface area contributed by atoms with Gasteiger partial charge in [0.1, 0.15) is 11.6 Å². The summed E-state index contributed by atoms with van der Waals surface area (Å²) in [7, 11) is 0. The Kier molecular flexibility index (Phi) is 4.19. The molecule has 0 aromatic carbocycles. The van der Waals surface area contributed by atoms with Gasteiger partial charge in [0.05, 0.1) is 0 Å². The normalized spacial score (nSPS) is 17.6. The largest absolute Gasteiger partial charge is 0.356 e. The van der Waals surface area contributed by atoms with Crippen LogP contribution in [0.2, 0.25) is 0 Å². The third-order valence-corrected chi connectivity index (χ3v) is 5.44. The first-order valence-electron chi connectivity index (χ1n) is 8.57. The summed E-state index contributed by atoms with van der Waals surface area (Å²) in [5.74, 6) is 3.12. The van der Waals surface area contributed by atoms with Crippen molar-refractivity contribution in [3.8, 4) is 0 Å². The SMILES string of the molecule is Cc1nc2nc(C)c(CC3CCN(c4ccc(Br)cn4)C3)c(C)n2n1. The summed E-state index contributed by atoms with van der Waals surface area (Å²) in [4.78, 5) is 15.9. The van der Waals surface area contributed by atoms with Crippen molar-refractivity contribution in [3.63, 3.8) is 0 Å². The molecule has 4 rings (SSSR count). The van der Waals surface area contributed by atoms with Crippen LogP contribution in [0.3, 0.4) is 0 Å². The lowest BCUT2D eigenvalue weighted by Gasteiger charge is -2.18. The number of hydrogen-bond acceptors (Lipinski definition) is 5. The third-order valence-electron chi connectivity index (χ3n) is 4.97. The number of fused-ring (bicyclic) bond motifs is 1. The van der Waals surface area contributed by atoms with Crippen LogP contribution in [-0.4, -0.2) is 37.7 Å². The number of hydrogen-bond donors (Lipinski definition) is 0. The van der Waals surface area contributed by atoms with E-state index in [-0.39, 0.29) is 0 Å². The van der Waals surface area contributed by atoms with Crippen LogP contribution >= 0.6 is 15.9 Å². The monoisotopic (exact) mass is 400 g/mol. The van der Waals surface area contributed by atoms with E-state index in [1.165, 1.54) is 12.0 Å². The van der Waals surface area contributed by atoms with E-state index in [1.807, 2.05) is 17.6 Å². The fourth-order valence-corrected chi connectivity index (χ4v) is 3.89. The van der Waals surface area contributed by atoms with Gasteiger partial charge >= 0.3 is 0 Å². The van der Waals surface area contributed by atoms with E-state index in [0.717, 1.165) is 47.0 Å². The van der Waals surface area contributed by atoms with Crippen molar-refractivity contribution < 1.29 is 0 Å². The van der Waals surface area contributed by atoms with E-state index in [9.17, 15) is 0 Å². The molecule has 130 valence electrons. The lowest BCUT2D eigenvalue weighted by Crippen LogP contribution is -2.21. The average Bonchev–Trinajstić information content (AvgIpc) is 3.18. The molecule has 7 heteroatoms. The molecule has 1 unspecified atom stereocenters. The van der Waals surface area contributed by atoms with E-state index in [4.69, 9.17) is 0 Å². The maximum atomic E-state index is 4.64. The molecule has 0 N–H and O–H groups in total. The zero-order chi connectivity index (χ0) is 17.6. The van der Waals surface area contributed by atoms with Crippen LogP contribution in [0.25, 0.3) is 5.78 Å². The standard InChI is InChI=1S/C18H21BrN6/c1-11-16(12(2)25-18(21-11)22-13(3)23-25)8-14-6-7-24(10-14)17-5-4-15(19)9-20-17/h4-5,9,14H,6-8,10H2,1-3H3. The van der Waals surface area contributed by atoms with Crippen LogP contribution in [0.1, 0.15) is 29.2 Å². The van der Waals surface area contributed by atoms with Crippen molar-refractivity contribution in [1.82, 2.24) is 24.6 Å². The highest BCUT2D eigenvalue weighted by Gasteiger charge is 2.25. The zero-order valence-corrected chi connectivity index (χ0v) is 16.3. The van der Waals surface area contributed by atoms with Crippen LogP contribution in [0.5, 0.6) is 0 Å². The first kappa shape index (κ1) is 16.4. The quantitative estimate of drug-likeness (QED) is 0.674. The number of rotatable bonds is 3. The molecule has 0 amide bonds. The Bertz CT molecular complexity index is 917. The molecule has 4 heterocycles. The van der Waals surface area contributed by atoms with Crippen LogP contribution < -0.4 is 4.90 Å². The molecule has 0 saturated carbocycles. The van der Waals surface area contributed by atoms with Crippen molar-refractivity contribution in [1.29, 1.82) is 0 Å². The molecule has 3 aromatic rings. The fourth-order valence-electron chi connectivity index (χ4n) is 3.65. The van der Waals surface area contributed by atoms with Crippen LogP contribution in [0, 0.1) is 26.7 Å². The minimum absolute atomic E-state index is 0.603. The van der Waals surface area contributed by atoms with Gasteiger partial charge in [-0.15, -0.1) is 0 Å². The molecule has 1 aliphatic rings. The summed E-state index contributed by atoms with van der Waals surface area (Å²) < 4.78 is 2.89. The van der Waals surface area contributed by atoms with Gasteiger partial charge in [-0.05, 0) is 73.2 Å². The molecule has 6 nitrogen and oxygen atoms in total. The topological polar surface area (TPSA) is 59.2 Å². The van der Waals surface area contributed by atoms with Gasteiger partial charge in [-0.25, -0.2) is 14.5 Å². The van der Waals surface area contributed by atoms with Crippen LogP contribution in [-0.2, 0) is 6.42 Å². The number of aromatic nitrogens is 5. The number of halogens is 1. The predicted molar refractivity (Wildman–Crippen MR) is 101 cm³/mol. The minimum Gasteiger partial charge on any atom is -0.356 e. The van der Waals surface area contributed by atoms with Gasteiger partial charge in [0, 0.05) is 35.1 Å². The van der Waals surface area contributed by atoms with E-state index in [1.54, 1.807) is 0 Å². The van der Waals surface area contributed by atoms with Gasteiger partial charge in [-0.2, -0.15) is 10.1 Å². The zero-order valence-electron chi connectivity index (χ0n) is 14.7. The smallest absolute Gasteiger partial charge is 0.252 e. The lowest BCUT2D eigenvalue weighted by molar-refractivity contribution is 0.577. The van der Waals surface area contributed by atoms with Crippen LogP contribution in [0.15, 0.2) is 22.8 Å². The Morgan fingerprint density at radius 1 is 1.20 bits per heavy atom. The Labute approximate surface area is 155 Å². The minimum atomic E-state index is 0.603. The molecule has 0 radical (unpaired) electrons. The Morgan fingerprint density at radius 2 is 2.04 bits per heavy atom. The molecule has 0 spiro atoms. The Balaban J connectivity index is 1.55. The molecule has 1 saturated heterocycles.